The van der Waals surface area contributed by atoms with E-state index in [1.165, 1.54) is 0 Å². The molecule has 2 N–H and O–H groups in total. The van der Waals surface area contributed by atoms with E-state index in [2.05, 4.69) is 4.99 Å². The van der Waals surface area contributed by atoms with Crippen molar-refractivity contribution in [2.75, 3.05) is 13.7 Å². The van der Waals surface area contributed by atoms with Crippen molar-refractivity contribution in [3.63, 3.8) is 0 Å². The van der Waals surface area contributed by atoms with Gasteiger partial charge in [0.2, 0.25) is 0 Å². The zero-order chi connectivity index (χ0) is 13.5. The lowest BCUT2D eigenvalue weighted by Gasteiger charge is -2.22. The lowest BCUT2D eigenvalue weighted by molar-refractivity contribution is 0.259. The van der Waals surface area contributed by atoms with E-state index in [0.29, 0.717) is 6.67 Å². The molecule has 0 fully saturated rings. The highest BCUT2D eigenvalue weighted by atomic mass is 15.2. The van der Waals surface area contributed by atoms with Gasteiger partial charge in [-0.1, -0.05) is 60.7 Å². The molecule has 2 rings (SSSR count). The predicted octanol–water partition coefficient (Wildman–Crippen LogP) is 2.65. The molecule has 0 bridgehead atoms. The fourth-order valence-electron chi connectivity index (χ4n) is 1.81. The topological polar surface area (TPSA) is 41.6 Å². The van der Waals surface area contributed by atoms with Crippen molar-refractivity contribution in [2.24, 2.45) is 10.7 Å². The normalized spacial score (nSPS) is 13.0. The molecule has 1 unspecified atom stereocenters. The fourth-order valence-corrected chi connectivity index (χ4v) is 1.81. The Kier molecular flexibility index (Phi) is 4.84. The van der Waals surface area contributed by atoms with Gasteiger partial charge in [0.1, 0.15) is 0 Å². The lowest BCUT2D eigenvalue weighted by atomic mass is 10.2. The van der Waals surface area contributed by atoms with Crippen LogP contribution >= 0.6 is 0 Å². The Balaban J connectivity index is 1.91. The summed E-state index contributed by atoms with van der Waals surface area (Å²) < 4.78 is 0. The van der Waals surface area contributed by atoms with E-state index >= 15 is 0 Å². The number of aliphatic imine (C=N–C) groups is 1. The van der Waals surface area contributed by atoms with Crippen LogP contribution in [-0.2, 0) is 0 Å². The summed E-state index contributed by atoms with van der Waals surface area (Å²) >= 11 is 0. The molecule has 0 saturated carbocycles. The summed E-state index contributed by atoms with van der Waals surface area (Å²) in [5.74, 6) is 0. The van der Waals surface area contributed by atoms with Gasteiger partial charge in [0.25, 0.3) is 0 Å². The lowest BCUT2D eigenvalue weighted by Crippen LogP contribution is -2.31. The molecule has 1 atom stereocenters. The number of benzene rings is 2. The van der Waals surface area contributed by atoms with Gasteiger partial charge in [-0.15, -0.1) is 0 Å². The Labute approximate surface area is 114 Å². The Hall–Kier alpha value is -1.97. The van der Waals surface area contributed by atoms with Crippen LogP contribution in [0.3, 0.4) is 0 Å². The molecular weight excluding hydrogens is 234 g/mol. The number of rotatable bonds is 5. The van der Waals surface area contributed by atoms with Gasteiger partial charge in [0.15, 0.2) is 0 Å². The van der Waals surface area contributed by atoms with Crippen molar-refractivity contribution in [1.29, 1.82) is 0 Å². The third-order valence-corrected chi connectivity index (χ3v) is 2.96. The highest BCUT2D eigenvalue weighted by Crippen LogP contribution is 2.12. The molecule has 0 aliphatic carbocycles. The van der Waals surface area contributed by atoms with E-state index in [4.69, 9.17) is 5.73 Å². The molecule has 0 aliphatic rings. The van der Waals surface area contributed by atoms with Crippen molar-refractivity contribution in [3.8, 4) is 0 Å². The first-order chi connectivity index (χ1) is 9.27. The summed E-state index contributed by atoms with van der Waals surface area (Å²) in [6.07, 6.45) is 1.74. The van der Waals surface area contributed by atoms with Crippen LogP contribution in [-0.4, -0.2) is 24.8 Å². The summed E-state index contributed by atoms with van der Waals surface area (Å²) in [5, 5.41) is 0. The molecule has 0 spiro atoms. The van der Waals surface area contributed by atoms with Crippen molar-refractivity contribution in [2.45, 2.75) is 6.17 Å². The Morgan fingerprint density at radius 1 is 1.05 bits per heavy atom. The van der Waals surface area contributed by atoms with Crippen molar-refractivity contribution in [1.82, 2.24) is 4.90 Å². The minimum absolute atomic E-state index is 0.130. The number of hydrogen-bond donors (Lipinski definition) is 1. The van der Waals surface area contributed by atoms with Crippen LogP contribution < -0.4 is 5.73 Å². The Morgan fingerprint density at radius 3 is 2.26 bits per heavy atom. The maximum Gasteiger partial charge on any atom is 0.0921 e. The summed E-state index contributed by atoms with van der Waals surface area (Å²) in [6, 6.07) is 20.1. The summed E-state index contributed by atoms with van der Waals surface area (Å²) in [4.78, 5) is 6.42. The monoisotopic (exact) mass is 253 g/mol. The highest BCUT2D eigenvalue weighted by Gasteiger charge is 2.09. The highest BCUT2D eigenvalue weighted by molar-refractivity contribution is 5.79. The molecule has 3 heteroatoms. The summed E-state index contributed by atoms with van der Waals surface area (Å²) in [5.41, 5.74) is 8.37. The van der Waals surface area contributed by atoms with Gasteiger partial charge >= 0.3 is 0 Å². The number of nitrogens with zero attached hydrogens (tertiary/aromatic N) is 2. The summed E-state index contributed by atoms with van der Waals surface area (Å²) in [7, 11) is 1.97. The molecular formula is C16H19N3. The maximum atomic E-state index is 6.17. The van der Waals surface area contributed by atoms with Gasteiger partial charge in [-0.05, 0) is 18.2 Å². The van der Waals surface area contributed by atoms with Gasteiger partial charge in [0.05, 0.1) is 12.8 Å². The molecule has 0 radical (unpaired) electrons. The minimum atomic E-state index is -0.130. The second-order valence-corrected chi connectivity index (χ2v) is 4.48. The standard InChI is InChI=1S/C16H19N3/c1-19(16(17)15-10-6-3-7-11-15)13-18-12-14-8-4-2-5-9-14/h2-12,16H,13,17H2,1H3/b18-12+. The minimum Gasteiger partial charge on any atom is -0.312 e. The molecule has 0 amide bonds. The van der Waals surface area contributed by atoms with E-state index in [1.54, 1.807) is 0 Å². The van der Waals surface area contributed by atoms with Gasteiger partial charge in [-0.3, -0.25) is 9.89 Å². The molecule has 19 heavy (non-hydrogen) atoms. The zero-order valence-electron chi connectivity index (χ0n) is 11.1. The van der Waals surface area contributed by atoms with Crippen LogP contribution in [0.2, 0.25) is 0 Å². The van der Waals surface area contributed by atoms with Crippen LogP contribution in [0.4, 0.5) is 0 Å². The van der Waals surface area contributed by atoms with E-state index in [0.717, 1.165) is 11.1 Å². The number of nitrogens with two attached hydrogens (primary N) is 1. The van der Waals surface area contributed by atoms with E-state index in [9.17, 15) is 0 Å². The zero-order valence-corrected chi connectivity index (χ0v) is 11.1. The molecule has 0 heterocycles. The van der Waals surface area contributed by atoms with Gasteiger partial charge in [0, 0.05) is 6.21 Å². The predicted molar refractivity (Wildman–Crippen MR) is 80.0 cm³/mol. The fraction of sp³-hybridized carbons (Fsp3) is 0.188. The van der Waals surface area contributed by atoms with Crippen LogP contribution in [0.5, 0.6) is 0 Å². The van der Waals surface area contributed by atoms with Crippen molar-refractivity contribution >= 4 is 6.21 Å². The molecule has 2 aromatic rings. The van der Waals surface area contributed by atoms with E-state index in [-0.39, 0.29) is 6.17 Å². The molecule has 0 saturated heterocycles. The van der Waals surface area contributed by atoms with Crippen LogP contribution in [0, 0.1) is 0 Å². The van der Waals surface area contributed by atoms with Crippen LogP contribution in [0.15, 0.2) is 65.7 Å². The van der Waals surface area contributed by atoms with Crippen LogP contribution in [0.1, 0.15) is 17.3 Å². The van der Waals surface area contributed by atoms with Crippen molar-refractivity contribution in [3.05, 3.63) is 71.8 Å². The molecule has 2 aromatic carbocycles. The molecule has 3 nitrogen and oxygen atoms in total. The molecule has 0 aromatic heterocycles. The second kappa shape index (κ2) is 6.83. The SMILES string of the molecule is CN(C/N=C/c1ccccc1)C(N)c1ccccc1. The van der Waals surface area contributed by atoms with Crippen molar-refractivity contribution < 1.29 is 0 Å². The first-order valence-corrected chi connectivity index (χ1v) is 6.33. The quantitative estimate of drug-likeness (QED) is 0.657. The van der Waals surface area contributed by atoms with E-state index in [1.807, 2.05) is 78.8 Å². The maximum absolute atomic E-state index is 6.17. The van der Waals surface area contributed by atoms with Gasteiger partial charge in [-0.2, -0.15) is 0 Å². The average molecular weight is 253 g/mol. The van der Waals surface area contributed by atoms with Crippen LogP contribution in [0.25, 0.3) is 0 Å². The third-order valence-electron chi connectivity index (χ3n) is 2.96. The first-order valence-electron chi connectivity index (χ1n) is 6.33. The first kappa shape index (κ1) is 13.5. The number of hydrogen-bond acceptors (Lipinski definition) is 3. The second-order valence-electron chi connectivity index (χ2n) is 4.48. The molecule has 98 valence electrons. The van der Waals surface area contributed by atoms with Gasteiger partial charge in [-0.25, -0.2) is 0 Å². The largest absolute Gasteiger partial charge is 0.312 e. The smallest absolute Gasteiger partial charge is 0.0921 e. The third kappa shape index (κ3) is 4.02. The molecule has 0 aliphatic heterocycles. The average Bonchev–Trinajstić information content (AvgIpc) is 2.48. The van der Waals surface area contributed by atoms with Gasteiger partial charge < -0.3 is 5.73 Å². The summed E-state index contributed by atoms with van der Waals surface area (Å²) in [6.45, 7) is 0.574. The Morgan fingerprint density at radius 2 is 1.63 bits per heavy atom. The Bertz CT molecular complexity index is 508. The van der Waals surface area contributed by atoms with E-state index < -0.39 is 0 Å².